The van der Waals surface area contributed by atoms with Gasteiger partial charge in [0.2, 0.25) is 5.91 Å². The second-order valence-corrected chi connectivity index (χ2v) is 3.78. The second kappa shape index (κ2) is 6.43. The topological polar surface area (TPSA) is 29.5 Å². The van der Waals surface area contributed by atoms with Crippen LogP contribution in [0.1, 0.15) is 6.42 Å². The van der Waals surface area contributed by atoms with Gasteiger partial charge >= 0.3 is 58.4 Å². The number of para-hydroxylation sites is 2. The minimum absolute atomic E-state index is 0. The summed E-state index contributed by atoms with van der Waals surface area (Å²) in [4.78, 5) is 12.4. The molecule has 0 unspecified atom stereocenters. The number of hydrogen-bond donors (Lipinski definition) is 0. The molecule has 92 valence electrons. The van der Waals surface area contributed by atoms with E-state index in [4.69, 9.17) is 4.74 Å². The molecule has 0 N–H and O–H groups in total. The Balaban J connectivity index is 0.00000162. The van der Waals surface area contributed by atoms with E-state index in [2.05, 4.69) is 0 Å². The number of rotatable bonds is 2. The van der Waals surface area contributed by atoms with Crippen LogP contribution in [0.4, 0.5) is 18.6 Å². The Morgan fingerprint density at radius 2 is 1.94 bits per heavy atom. The van der Waals surface area contributed by atoms with Crippen LogP contribution >= 0.6 is 0 Å². The van der Waals surface area contributed by atoms with Crippen molar-refractivity contribution in [1.29, 1.82) is 0 Å². The summed E-state index contributed by atoms with van der Waals surface area (Å²) in [5.41, 5.74) is 0.189. The summed E-state index contributed by atoms with van der Waals surface area (Å²) in [6, 6.07) is 6.26. The predicted molar refractivity (Wildman–Crippen MR) is 58.0 cm³/mol. The van der Waals surface area contributed by atoms with Crippen LogP contribution in [0.5, 0.6) is 5.75 Å². The molecule has 1 aliphatic rings. The zero-order chi connectivity index (χ0) is 12.5. The molecule has 1 aromatic carbocycles. The maximum Gasteiger partial charge on any atom is 1.00 e. The SMILES string of the molecule is O=C1CCOc2ccccc2N1C[B-](F)(F)F.[K+]. The molecule has 8 heteroatoms. The van der Waals surface area contributed by atoms with Gasteiger partial charge in [-0.2, -0.15) is 0 Å². The van der Waals surface area contributed by atoms with Crippen molar-refractivity contribution in [2.75, 3.05) is 18.0 Å². The van der Waals surface area contributed by atoms with Crippen molar-refractivity contribution in [1.82, 2.24) is 0 Å². The molecule has 0 aromatic heterocycles. The molecule has 0 fully saturated rings. The fraction of sp³-hybridized carbons (Fsp3) is 0.300. The van der Waals surface area contributed by atoms with Crippen LogP contribution in [0.2, 0.25) is 0 Å². The van der Waals surface area contributed by atoms with Gasteiger partial charge in [0.25, 0.3) is 0 Å². The Kier molecular flexibility index (Phi) is 5.72. The molecule has 0 saturated carbocycles. The molecule has 1 aromatic rings. The number of halogens is 3. The van der Waals surface area contributed by atoms with Crippen LogP contribution in [0.15, 0.2) is 24.3 Å². The molecule has 1 heterocycles. The van der Waals surface area contributed by atoms with Gasteiger partial charge in [-0.05, 0) is 18.6 Å². The van der Waals surface area contributed by atoms with Crippen LogP contribution < -0.4 is 61.0 Å². The maximum absolute atomic E-state index is 12.5. The fourth-order valence-corrected chi connectivity index (χ4v) is 1.73. The molecule has 18 heavy (non-hydrogen) atoms. The molecule has 2 rings (SSSR count). The smallest absolute Gasteiger partial charge is 0.491 e. The van der Waals surface area contributed by atoms with Gasteiger partial charge in [0.1, 0.15) is 5.75 Å². The molecule has 1 aliphatic heterocycles. The van der Waals surface area contributed by atoms with Crippen molar-refractivity contribution in [2.24, 2.45) is 0 Å². The monoisotopic (exact) mass is 283 g/mol. The Labute approximate surface area is 145 Å². The summed E-state index contributed by atoms with van der Waals surface area (Å²) in [5, 5.41) is 0. The van der Waals surface area contributed by atoms with Crippen LogP contribution in [0.25, 0.3) is 0 Å². The summed E-state index contributed by atoms with van der Waals surface area (Å²) in [6.07, 6.45) is -1.26. The molecular weight excluding hydrogens is 273 g/mol. The average molecular weight is 283 g/mol. The quantitative estimate of drug-likeness (QED) is 0.665. The Bertz CT molecular complexity index is 441. The number of ether oxygens (including phenoxy) is 1. The van der Waals surface area contributed by atoms with E-state index in [1.54, 1.807) is 18.2 Å². The third-order valence-electron chi connectivity index (χ3n) is 2.42. The summed E-state index contributed by atoms with van der Waals surface area (Å²) < 4.78 is 42.6. The average Bonchev–Trinajstić information content (AvgIpc) is 2.38. The van der Waals surface area contributed by atoms with Gasteiger partial charge in [0.05, 0.1) is 18.7 Å². The number of carbonyl (C=O) groups is 1. The van der Waals surface area contributed by atoms with E-state index in [0.717, 1.165) is 4.90 Å². The van der Waals surface area contributed by atoms with E-state index in [-0.39, 0.29) is 70.1 Å². The number of benzene rings is 1. The van der Waals surface area contributed by atoms with Gasteiger partial charge in [0, 0.05) is 0 Å². The van der Waals surface area contributed by atoms with E-state index >= 15 is 0 Å². The third kappa shape index (κ3) is 3.99. The van der Waals surface area contributed by atoms with Gasteiger partial charge in [-0.3, -0.25) is 4.79 Å². The van der Waals surface area contributed by atoms with E-state index in [1.165, 1.54) is 6.07 Å². The maximum atomic E-state index is 12.5. The van der Waals surface area contributed by atoms with E-state index in [0.29, 0.717) is 5.75 Å². The first kappa shape index (κ1) is 16.0. The van der Waals surface area contributed by atoms with Gasteiger partial charge in [-0.15, -0.1) is 0 Å². The first-order valence-corrected chi connectivity index (χ1v) is 5.20. The largest absolute Gasteiger partial charge is 1.00 e. The molecule has 0 atom stereocenters. The minimum Gasteiger partial charge on any atom is -0.491 e. The number of carbonyl (C=O) groups excluding carboxylic acids is 1. The van der Waals surface area contributed by atoms with Crippen molar-refractivity contribution >= 4 is 18.6 Å². The van der Waals surface area contributed by atoms with Gasteiger partial charge in [-0.1, -0.05) is 12.1 Å². The number of hydrogen-bond acceptors (Lipinski definition) is 2. The standard InChI is InChI=1S/C10H10BF3NO2.K/c12-11(13,14)7-15-8-3-1-2-4-9(8)17-6-5-10(15)16;/h1-4H,5-7H2;/q-1;+1. The van der Waals surface area contributed by atoms with E-state index in [1.807, 2.05) is 0 Å². The van der Waals surface area contributed by atoms with E-state index in [9.17, 15) is 17.7 Å². The van der Waals surface area contributed by atoms with Gasteiger partial charge < -0.3 is 22.6 Å². The van der Waals surface area contributed by atoms with Crippen molar-refractivity contribution in [2.45, 2.75) is 6.42 Å². The van der Waals surface area contributed by atoms with Gasteiger partial charge in [0.15, 0.2) is 0 Å². The van der Waals surface area contributed by atoms with Crippen LogP contribution in [-0.4, -0.2) is 25.9 Å². The Hall–Kier alpha value is -0.0187. The zero-order valence-corrected chi connectivity index (χ0v) is 13.0. The summed E-state index contributed by atoms with van der Waals surface area (Å²) in [6.45, 7) is -4.95. The Morgan fingerprint density at radius 3 is 2.61 bits per heavy atom. The first-order chi connectivity index (χ1) is 7.97. The first-order valence-electron chi connectivity index (χ1n) is 5.20. The molecular formula is C10H10BF3KNO2. The fourth-order valence-electron chi connectivity index (χ4n) is 1.73. The minimum atomic E-state index is -5.06. The van der Waals surface area contributed by atoms with Crippen LogP contribution in [-0.2, 0) is 4.79 Å². The molecule has 3 nitrogen and oxygen atoms in total. The van der Waals surface area contributed by atoms with Crippen molar-refractivity contribution in [3.8, 4) is 5.75 Å². The number of anilines is 1. The molecule has 0 aliphatic carbocycles. The number of nitrogens with zero attached hydrogens (tertiary/aromatic N) is 1. The van der Waals surface area contributed by atoms with E-state index < -0.39 is 19.3 Å². The van der Waals surface area contributed by atoms with Crippen LogP contribution in [0.3, 0.4) is 0 Å². The van der Waals surface area contributed by atoms with Crippen molar-refractivity contribution < 1.29 is 73.9 Å². The third-order valence-corrected chi connectivity index (χ3v) is 2.42. The summed E-state index contributed by atoms with van der Waals surface area (Å²) in [5.74, 6) is -0.243. The molecule has 0 saturated heterocycles. The molecule has 0 radical (unpaired) electrons. The number of fused-ring (bicyclic) bond motifs is 1. The Morgan fingerprint density at radius 1 is 1.28 bits per heavy atom. The zero-order valence-electron chi connectivity index (χ0n) is 9.91. The normalized spacial score (nSPS) is 15.3. The number of amides is 1. The molecule has 0 spiro atoms. The van der Waals surface area contributed by atoms with Gasteiger partial charge in [-0.25, -0.2) is 0 Å². The van der Waals surface area contributed by atoms with Crippen molar-refractivity contribution in [3.05, 3.63) is 24.3 Å². The molecule has 1 amide bonds. The van der Waals surface area contributed by atoms with Crippen molar-refractivity contribution in [3.63, 3.8) is 0 Å². The predicted octanol–water partition coefficient (Wildman–Crippen LogP) is -0.807. The summed E-state index contributed by atoms with van der Waals surface area (Å²) >= 11 is 0. The second-order valence-electron chi connectivity index (χ2n) is 3.78. The summed E-state index contributed by atoms with van der Waals surface area (Å²) in [7, 11) is 0. The van der Waals surface area contributed by atoms with Crippen LogP contribution in [0, 0.1) is 0 Å². The molecule has 0 bridgehead atoms.